The molecule has 0 atom stereocenters. The average Bonchev–Trinajstić information content (AvgIpc) is 2.81. The number of hydrogen-bond donors (Lipinski definition) is 0. The highest BCUT2D eigenvalue weighted by Crippen LogP contribution is 2.24. The summed E-state index contributed by atoms with van der Waals surface area (Å²) in [4.78, 5) is 8.45. The molecule has 0 spiro atoms. The number of aromatic nitrogens is 5. The Bertz CT molecular complexity index is 778. The zero-order valence-electron chi connectivity index (χ0n) is 10.8. The van der Waals surface area contributed by atoms with Crippen molar-refractivity contribution in [3.8, 4) is 11.4 Å². The first-order valence-corrected chi connectivity index (χ1v) is 6.26. The van der Waals surface area contributed by atoms with Gasteiger partial charge in [-0.1, -0.05) is 11.6 Å². The molecule has 0 aliphatic heterocycles. The lowest BCUT2D eigenvalue weighted by atomic mass is 10.2. The van der Waals surface area contributed by atoms with Crippen LogP contribution in [0.3, 0.4) is 0 Å². The molecule has 6 heteroatoms. The molecule has 19 heavy (non-hydrogen) atoms. The summed E-state index contributed by atoms with van der Waals surface area (Å²) < 4.78 is 1.93. The topological polar surface area (TPSA) is 56.0 Å². The van der Waals surface area contributed by atoms with Crippen molar-refractivity contribution in [2.24, 2.45) is 0 Å². The molecule has 0 saturated carbocycles. The number of hydrogen-bond acceptors (Lipinski definition) is 4. The van der Waals surface area contributed by atoms with E-state index in [-0.39, 0.29) is 0 Å². The Hall–Kier alpha value is -2.01. The fourth-order valence-corrected chi connectivity index (χ4v) is 2.30. The third-order valence-electron chi connectivity index (χ3n) is 3.13. The maximum absolute atomic E-state index is 6.12. The Morgan fingerprint density at radius 3 is 2.68 bits per heavy atom. The normalized spacial score (nSPS) is 11.2. The molecule has 0 aromatic carbocycles. The summed E-state index contributed by atoms with van der Waals surface area (Å²) in [6, 6.07) is 3.88. The molecule has 0 aliphatic rings. The molecule has 3 heterocycles. The van der Waals surface area contributed by atoms with Gasteiger partial charge in [0.15, 0.2) is 16.6 Å². The average molecular weight is 274 g/mol. The van der Waals surface area contributed by atoms with Crippen molar-refractivity contribution in [3.05, 3.63) is 40.6 Å². The van der Waals surface area contributed by atoms with E-state index in [2.05, 4.69) is 20.2 Å². The molecule has 0 aliphatic carbocycles. The van der Waals surface area contributed by atoms with Gasteiger partial charge in [-0.15, -0.1) is 10.2 Å². The van der Waals surface area contributed by atoms with Gasteiger partial charge in [0, 0.05) is 23.1 Å². The number of fused-ring (bicyclic) bond motifs is 1. The van der Waals surface area contributed by atoms with Crippen LogP contribution in [0.15, 0.2) is 18.3 Å². The van der Waals surface area contributed by atoms with Gasteiger partial charge in [-0.2, -0.15) is 0 Å². The van der Waals surface area contributed by atoms with Crippen molar-refractivity contribution in [3.63, 3.8) is 0 Å². The highest BCUT2D eigenvalue weighted by atomic mass is 35.5. The van der Waals surface area contributed by atoms with Gasteiger partial charge in [-0.3, -0.25) is 9.38 Å². The van der Waals surface area contributed by atoms with Crippen LogP contribution in [0, 0.1) is 20.8 Å². The minimum Gasteiger partial charge on any atom is -0.275 e. The summed E-state index contributed by atoms with van der Waals surface area (Å²) in [5.41, 5.74) is 4.32. The molecule has 5 nitrogen and oxygen atoms in total. The van der Waals surface area contributed by atoms with Crippen LogP contribution in [0.2, 0.25) is 5.15 Å². The predicted octanol–water partition coefficient (Wildman–Crippen LogP) is 2.76. The molecule has 0 N–H and O–H groups in total. The van der Waals surface area contributed by atoms with Crippen LogP contribution >= 0.6 is 11.6 Å². The van der Waals surface area contributed by atoms with Crippen molar-refractivity contribution >= 4 is 17.2 Å². The van der Waals surface area contributed by atoms with Gasteiger partial charge in [0.2, 0.25) is 0 Å². The minimum absolute atomic E-state index is 0.368. The van der Waals surface area contributed by atoms with Crippen LogP contribution in [-0.4, -0.2) is 24.6 Å². The van der Waals surface area contributed by atoms with Crippen molar-refractivity contribution in [2.45, 2.75) is 20.8 Å². The Kier molecular flexibility index (Phi) is 2.71. The Morgan fingerprint density at radius 2 is 1.95 bits per heavy atom. The van der Waals surface area contributed by atoms with Crippen molar-refractivity contribution in [1.82, 2.24) is 24.6 Å². The molecular weight excluding hydrogens is 262 g/mol. The predicted molar refractivity (Wildman–Crippen MR) is 73.2 cm³/mol. The number of rotatable bonds is 1. The number of halogens is 1. The molecule has 96 valence electrons. The maximum Gasteiger partial charge on any atom is 0.199 e. The Balaban J connectivity index is 2.37. The molecule has 3 aromatic heterocycles. The van der Waals surface area contributed by atoms with E-state index < -0.39 is 0 Å². The van der Waals surface area contributed by atoms with E-state index in [0.29, 0.717) is 10.8 Å². The second kappa shape index (κ2) is 4.28. The summed E-state index contributed by atoms with van der Waals surface area (Å²) in [5.74, 6) is 0.755. The van der Waals surface area contributed by atoms with Gasteiger partial charge >= 0.3 is 0 Å². The third kappa shape index (κ3) is 1.86. The van der Waals surface area contributed by atoms with Gasteiger partial charge in [0.25, 0.3) is 0 Å². The Morgan fingerprint density at radius 1 is 1.16 bits per heavy atom. The van der Waals surface area contributed by atoms with Gasteiger partial charge in [0.05, 0.1) is 5.69 Å². The monoisotopic (exact) mass is 273 g/mol. The standard InChI is InChI=1S/C13H12ClN5/c1-7-6-10(4-5-15-7)12-17-18-13-11(14)16-8(2)9(3)19(12)13/h4-6H,1-3H3. The van der Waals surface area contributed by atoms with E-state index in [1.807, 2.05) is 37.3 Å². The van der Waals surface area contributed by atoms with Crippen molar-refractivity contribution in [2.75, 3.05) is 0 Å². The maximum atomic E-state index is 6.12. The first kappa shape index (κ1) is 12.0. The largest absolute Gasteiger partial charge is 0.275 e. The fourth-order valence-electron chi connectivity index (χ4n) is 2.05. The summed E-state index contributed by atoms with van der Waals surface area (Å²) in [6.07, 6.45) is 1.76. The lowest BCUT2D eigenvalue weighted by Crippen LogP contribution is -2.01. The van der Waals surface area contributed by atoms with E-state index in [1.165, 1.54) is 0 Å². The van der Waals surface area contributed by atoms with Gasteiger partial charge in [0.1, 0.15) is 0 Å². The first-order chi connectivity index (χ1) is 9.08. The highest BCUT2D eigenvalue weighted by molar-refractivity contribution is 6.32. The lowest BCUT2D eigenvalue weighted by Gasteiger charge is -2.07. The van der Waals surface area contributed by atoms with E-state index >= 15 is 0 Å². The van der Waals surface area contributed by atoms with Crippen LogP contribution in [0.1, 0.15) is 17.1 Å². The van der Waals surface area contributed by atoms with Crippen LogP contribution in [0.4, 0.5) is 0 Å². The highest BCUT2D eigenvalue weighted by Gasteiger charge is 2.15. The minimum atomic E-state index is 0.368. The smallest absolute Gasteiger partial charge is 0.199 e. The third-order valence-corrected chi connectivity index (χ3v) is 3.38. The molecular formula is C13H12ClN5. The lowest BCUT2D eigenvalue weighted by molar-refractivity contribution is 0.998. The molecule has 0 radical (unpaired) electrons. The second-order valence-electron chi connectivity index (χ2n) is 4.44. The van der Waals surface area contributed by atoms with Crippen LogP contribution in [-0.2, 0) is 0 Å². The molecule has 0 unspecified atom stereocenters. The summed E-state index contributed by atoms with van der Waals surface area (Å²) >= 11 is 6.12. The van der Waals surface area contributed by atoms with Crippen LogP contribution in [0.5, 0.6) is 0 Å². The van der Waals surface area contributed by atoms with Gasteiger partial charge < -0.3 is 0 Å². The zero-order chi connectivity index (χ0) is 13.6. The number of pyridine rings is 1. The van der Waals surface area contributed by atoms with Gasteiger partial charge in [-0.25, -0.2) is 4.98 Å². The summed E-state index contributed by atoms with van der Waals surface area (Å²) in [7, 11) is 0. The molecule has 3 aromatic rings. The molecule has 0 saturated heterocycles. The quantitative estimate of drug-likeness (QED) is 0.684. The van der Waals surface area contributed by atoms with Gasteiger partial charge in [-0.05, 0) is 32.9 Å². The fraction of sp³-hybridized carbons (Fsp3) is 0.231. The molecule has 3 rings (SSSR count). The second-order valence-corrected chi connectivity index (χ2v) is 4.80. The summed E-state index contributed by atoms with van der Waals surface area (Å²) in [5, 5.41) is 8.72. The van der Waals surface area contributed by atoms with Crippen LogP contribution in [0.25, 0.3) is 17.0 Å². The molecule has 0 amide bonds. The van der Waals surface area contributed by atoms with E-state index in [4.69, 9.17) is 11.6 Å². The number of nitrogens with zero attached hydrogens (tertiary/aromatic N) is 5. The molecule has 0 fully saturated rings. The van der Waals surface area contributed by atoms with Crippen molar-refractivity contribution in [1.29, 1.82) is 0 Å². The summed E-state index contributed by atoms with van der Waals surface area (Å²) in [6.45, 7) is 5.84. The van der Waals surface area contributed by atoms with E-state index in [0.717, 1.165) is 28.5 Å². The Labute approximate surface area is 115 Å². The van der Waals surface area contributed by atoms with Crippen LogP contribution < -0.4 is 0 Å². The zero-order valence-corrected chi connectivity index (χ0v) is 11.6. The SMILES string of the molecule is Cc1cc(-c2nnc3c(Cl)nc(C)c(C)n23)ccn1. The first-order valence-electron chi connectivity index (χ1n) is 5.89. The molecule has 0 bridgehead atoms. The van der Waals surface area contributed by atoms with Crippen molar-refractivity contribution < 1.29 is 0 Å². The number of aryl methyl sites for hydroxylation is 3. The van der Waals surface area contributed by atoms with E-state index in [1.54, 1.807) is 6.20 Å². The van der Waals surface area contributed by atoms with E-state index in [9.17, 15) is 0 Å².